The van der Waals surface area contributed by atoms with Crippen LogP contribution in [0.1, 0.15) is 21.2 Å². The van der Waals surface area contributed by atoms with Crippen molar-refractivity contribution in [3.63, 3.8) is 0 Å². The second-order valence-electron chi connectivity index (χ2n) is 4.03. The molecule has 0 atom stereocenters. The van der Waals surface area contributed by atoms with Crippen LogP contribution in [0.25, 0.3) is 0 Å². The minimum atomic E-state index is -4.48. The normalized spacial score (nSPS) is 11.4. The van der Waals surface area contributed by atoms with Gasteiger partial charge in [0.05, 0.1) is 6.54 Å². The van der Waals surface area contributed by atoms with Crippen molar-refractivity contribution in [2.45, 2.75) is 12.7 Å². The fourth-order valence-electron chi connectivity index (χ4n) is 1.44. The van der Waals surface area contributed by atoms with Crippen molar-refractivity contribution in [1.82, 2.24) is 15.0 Å². The molecule has 0 unspecified atom stereocenters. The predicted octanol–water partition coefficient (Wildman–Crippen LogP) is 2.29. The molecule has 0 saturated heterocycles. The third-order valence-electron chi connectivity index (χ3n) is 2.42. The van der Waals surface area contributed by atoms with Gasteiger partial charge in [-0.05, 0) is 6.07 Å². The average Bonchev–Trinajstić information content (AvgIpc) is 2.87. The lowest BCUT2D eigenvalue weighted by atomic mass is 10.4. The van der Waals surface area contributed by atoms with Crippen molar-refractivity contribution in [2.24, 2.45) is 0 Å². The van der Waals surface area contributed by atoms with Gasteiger partial charge in [0.25, 0.3) is 0 Å². The summed E-state index contributed by atoms with van der Waals surface area (Å²) in [6.07, 6.45) is -3.21. The number of halogens is 3. The number of anilines is 1. The third kappa shape index (κ3) is 3.66. The molecule has 0 aromatic carbocycles. The molecule has 0 aliphatic rings. The van der Waals surface area contributed by atoms with Gasteiger partial charge in [-0.1, -0.05) is 0 Å². The first-order valence-corrected chi connectivity index (χ1v) is 6.44. The van der Waals surface area contributed by atoms with Crippen LogP contribution < -0.4 is 4.90 Å². The van der Waals surface area contributed by atoms with Crippen LogP contribution in [0.5, 0.6) is 0 Å². The highest BCUT2D eigenvalue weighted by atomic mass is 32.1. The molecule has 0 spiro atoms. The zero-order valence-electron chi connectivity index (χ0n) is 10.6. The maximum absolute atomic E-state index is 12.4. The van der Waals surface area contributed by atoms with Crippen molar-refractivity contribution in [2.75, 3.05) is 11.9 Å². The molecule has 0 radical (unpaired) electrons. The van der Waals surface area contributed by atoms with E-state index in [9.17, 15) is 18.0 Å². The molecule has 0 fully saturated rings. The Hall–Kier alpha value is -2.23. The predicted molar refractivity (Wildman–Crippen MR) is 68.2 cm³/mol. The highest BCUT2D eigenvalue weighted by Gasteiger charge is 2.33. The summed E-state index contributed by atoms with van der Waals surface area (Å²) in [5.74, 6) is -1.11. The van der Waals surface area contributed by atoms with Crippen molar-refractivity contribution >= 4 is 23.3 Å². The lowest BCUT2D eigenvalue weighted by molar-refractivity contribution is -0.140. The van der Waals surface area contributed by atoms with Gasteiger partial charge in [0.1, 0.15) is 5.01 Å². The SMILES string of the molecule is CN(Cc1nc(C(F)(F)F)cs1)c1nccc(C(=O)O)n1. The van der Waals surface area contributed by atoms with Crippen LogP contribution in [-0.4, -0.2) is 33.1 Å². The Morgan fingerprint density at radius 2 is 2.14 bits per heavy atom. The van der Waals surface area contributed by atoms with Crippen molar-refractivity contribution in [3.05, 3.63) is 34.0 Å². The van der Waals surface area contributed by atoms with E-state index in [-0.39, 0.29) is 23.2 Å². The number of rotatable bonds is 4. The number of hydrogen-bond donors (Lipinski definition) is 1. The summed E-state index contributed by atoms with van der Waals surface area (Å²) in [5, 5.41) is 9.99. The highest BCUT2D eigenvalue weighted by molar-refractivity contribution is 7.09. The zero-order valence-corrected chi connectivity index (χ0v) is 11.4. The Balaban J connectivity index is 2.14. The van der Waals surface area contributed by atoms with Crippen LogP contribution in [0.15, 0.2) is 17.6 Å². The number of alkyl halides is 3. The number of carboxylic acids is 1. The molecule has 0 aliphatic carbocycles. The monoisotopic (exact) mass is 318 g/mol. The number of carboxylic acid groups (broad SMARTS) is 1. The Morgan fingerprint density at radius 3 is 2.71 bits per heavy atom. The van der Waals surface area contributed by atoms with Gasteiger partial charge >= 0.3 is 12.1 Å². The summed E-state index contributed by atoms with van der Waals surface area (Å²) < 4.78 is 37.3. The summed E-state index contributed by atoms with van der Waals surface area (Å²) in [4.78, 5) is 23.4. The lowest BCUT2D eigenvalue weighted by Crippen LogP contribution is -2.20. The molecule has 0 bridgehead atoms. The number of aromatic carboxylic acids is 1. The van der Waals surface area contributed by atoms with Crippen molar-refractivity contribution < 1.29 is 23.1 Å². The fourth-order valence-corrected chi connectivity index (χ4v) is 2.29. The van der Waals surface area contributed by atoms with E-state index in [1.807, 2.05) is 0 Å². The standard InChI is InChI=1S/C11H9F3N4O2S/c1-18(10-15-3-2-6(16-10)9(19)20)4-8-17-7(5-21-8)11(12,13)14/h2-3,5H,4H2,1H3,(H,19,20). The van der Waals surface area contributed by atoms with E-state index in [4.69, 9.17) is 5.11 Å². The molecule has 6 nitrogen and oxygen atoms in total. The van der Waals surface area contributed by atoms with Gasteiger partial charge in [-0.3, -0.25) is 0 Å². The second kappa shape index (κ2) is 5.64. The van der Waals surface area contributed by atoms with E-state index in [1.54, 1.807) is 0 Å². The molecule has 2 aromatic rings. The Morgan fingerprint density at radius 1 is 1.43 bits per heavy atom. The maximum atomic E-state index is 12.4. The number of aromatic nitrogens is 3. The van der Waals surface area contributed by atoms with Crippen molar-refractivity contribution in [3.8, 4) is 0 Å². The second-order valence-corrected chi connectivity index (χ2v) is 4.97. The van der Waals surface area contributed by atoms with Gasteiger partial charge in [-0.15, -0.1) is 11.3 Å². The zero-order chi connectivity index (χ0) is 15.6. The van der Waals surface area contributed by atoms with Crippen LogP contribution in [0.4, 0.5) is 19.1 Å². The van der Waals surface area contributed by atoms with Gasteiger partial charge in [-0.2, -0.15) is 13.2 Å². The Kier molecular flexibility index (Phi) is 4.07. The van der Waals surface area contributed by atoms with Crippen LogP contribution in [0.2, 0.25) is 0 Å². The van der Waals surface area contributed by atoms with E-state index in [1.165, 1.54) is 24.2 Å². The summed E-state index contributed by atoms with van der Waals surface area (Å²) in [6, 6.07) is 1.23. The minimum Gasteiger partial charge on any atom is -0.477 e. The molecule has 21 heavy (non-hydrogen) atoms. The largest absolute Gasteiger partial charge is 0.477 e. The topological polar surface area (TPSA) is 79.2 Å². The van der Waals surface area contributed by atoms with E-state index in [0.29, 0.717) is 0 Å². The van der Waals surface area contributed by atoms with Crippen LogP contribution in [0.3, 0.4) is 0 Å². The number of nitrogens with zero attached hydrogens (tertiary/aromatic N) is 4. The summed E-state index contributed by atoms with van der Waals surface area (Å²) in [6.45, 7) is 0.0455. The van der Waals surface area contributed by atoms with Gasteiger partial charge in [0.2, 0.25) is 5.95 Å². The Bertz CT molecular complexity index is 659. The minimum absolute atomic E-state index is 0.0455. The van der Waals surface area contributed by atoms with E-state index < -0.39 is 17.8 Å². The van der Waals surface area contributed by atoms with E-state index in [0.717, 1.165) is 16.7 Å². The number of hydrogen-bond acceptors (Lipinski definition) is 6. The quantitative estimate of drug-likeness (QED) is 0.932. The van der Waals surface area contributed by atoms with Gasteiger partial charge < -0.3 is 10.0 Å². The van der Waals surface area contributed by atoms with Crippen LogP contribution in [0, 0.1) is 0 Å². The Labute approximate surface area is 120 Å². The molecule has 0 amide bonds. The third-order valence-corrected chi connectivity index (χ3v) is 3.25. The lowest BCUT2D eigenvalue weighted by Gasteiger charge is -2.15. The molecule has 1 N–H and O–H groups in total. The molecule has 2 heterocycles. The molecule has 2 aromatic heterocycles. The van der Waals surface area contributed by atoms with Gasteiger partial charge in [0, 0.05) is 18.6 Å². The molecule has 10 heteroatoms. The van der Waals surface area contributed by atoms with Crippen molar-refractivity contribution in [1.29, 1.82) is 0 Å². The van der Waals surface area contributed by atoms with Gasteiger partial charge in [0.15, 0.2) is 11.4 Å². The van der Waals surface area contributed by atoms with E-state index in [2.05, 4.69) is 15.0 Å². The molecule has 2 rings (SSSR count). The number of carbonyl (C=O) groups is 1. The molecule has 0 saturated carbocycles. The number of thiazole rings is 1. The highest BCUT2D eigenvalue weighted by Crippen LogP contribution is 2.30. The van der Waals surface area contributed by atoms with E-state index >= 15 is 0 Å². The molecule has 112 valence electrons. The first kappa shape index (κ1) is 15.2. The van der Waals surface area contributed by atoms with Crippen LogP contribution >= 0.6 is 11.3 Å². The molecular weight excluding hydrogens is 309 g/mol. The smallest absolute Gasteiger partial charge is 0.434 e. The fraction of sp³-hybridized carbons (Fsp3) is 0.273. The summed E-state index contributed by atoms with van der Waals surface area (Å²) in [7, 11) is 1.54. The first-order chi connectivity index (χ1) is 9.77. The average molecular weight is 318 g/mol. The summed E-state index contributed by atoms with van der Waals surface area (Å²) >= 11 is 0.865. The maximum Gasteiger partial charge on any atom is 0.434 e. The first-order valence-electron chi connectivity index (χ1n) is 5.56. The molecule has 0 aliphatic heterocycles. The summed E-state index contributed by atoms with van der Waals surface area (Å²) in [5.41, 5.74) is -1.14. The van der Waals surface area contributed by atoms with Gasteiger partial charge in [-0.25, -0.2) is 19.7 Å². The van der Waals surface area contributed by atoms with Crippen LogP contribution in [-0.2, 0) is 12.7 Å². The molecular formula is C11H9F3N4O2S.